The third kappa shape index (κ3) is 3.88. The van der Waals surface area contributed by atoms with Crippen molar-refractivity contribution in [1.29, 1.82) is 5.26 Å². The average Bonchev–Trinajstić information content (AvgIpc) is 3.42. The Kier molecular flexibility index (Phi) is 5.46. The zero-order valence-corrected chi connectivity index (χ0v) is 17.3. The zero-order valence-electron chi connectivity index (χ0n) is 16.5. The molecule has 150 valence electrons. The molecule has 4 rings (SSSR count). The fourth-order valence-corrected chi connectivity index (χ4v) is 3.77. The highest BCUT2D eigenvalue weighted by atomic mass is 32.1. The minimum absolute atomic E-state index is 0.0218. The normalized spacial score (nSPS) is 10.9. The molecule has 0 atom stereocenters. The van der Waals surface area contributed by atoms with Crippen molar-refractivity contribution in [3.05, 3.63) is 59.6 Å². The SMILES string of the molecule is CC(C)n1ncc2c(C(=O)Nc3ccc(OCC#N)cc3)cc(-c3cccs3)nc21. The minimum atomic E-state index is -0.241. The van der Waals surface area contributed by atoms with Crippen LogP contribution in [0.15, 0.2) is 54.0 Å². The third-order valence-electron chi connectivity index (χ3n) is 4.49. The molecule has 0 spiro atoms. The van der Waals surface area contributed by atoms with E-state index in [-0.39, 0.29) is 18.6 Å². The number of amides is 1. The smallest absolute Gasteiger partial charge is 0.256 e. The Bertz CT molecular complexity index is 1220. The molecule has 0 unspecified atom stereocenters. The van der Waals surface area contributed by atoms with Gasteiger partial charge in [0, 0.05) is 11.7 Å². The highest BCUT2D eigenvalue weighted by molar-refractivity contribution is 7.13. The molecule has 0 saturated heterocycles. The van der Waals surface area contributed by atoms with Gasteiger partial charge < -0.3 is 10.1 Å². The number of ether oxygens (including phenoxy) is 1. The quantitative estimate of drug-likeness (QED) is 0.482. The molecule has 1 amide bonds. The van der Waals surface area contributed by atoms with E-state index in [0.717, 1.165) is 10.6 Å². The molecule has 0 fully saturated rings. The number of carbonyl (C=O) groups is 1. The monoisotopic (exact) mass is 417 g/mol. The number of pyridine rings is 1. The van der Waals surface area contributed by atoms with Crippen molar-refractivity contribution < 1.29 is 9.53 Å². The Morgan fingerprint density at radius 3 is 2.77 bits per heavy atom. The van der Waals surface area contributed by atoms with Gasteiger partial charge in [0.15, 0.2) is 12.3 Å². The summed E-state index contributed by atoms with van der Waals surface area (Å²) in [6.45, 7) is 4.04. The Morgan fingerprint density at radius 2 is 2.10 bits per heavy atom. The van der Waals surface area contributed by atoms with Crippen LogP contribution in [0.5, 0.6) is 5.75 Å². The van der Waals surface area contributed by atoms with Gasteiger partial charge in [-0.05, 0) is 55.6 Å². The molecule has 1 aromatic carbocycles. The minimum Gasteiger partial charge on any atom is -0.479 e. The maximum absolute atomic E-state index is 13.1. The van der Waals surface area contributed by atoms with Gasteiger partial charge in [0.1, 0.15) is 11.8 Å². The van der Waals surface area contributed by atoms with Crippen molar-refractivity contribution in [3.8, 4) is 22.4 Å². The average molecular weight is 417 g/mol. The summed E-state index contributed by atoms with van der Waals surface area (Å²) >= 11 is 1.57. The summed E-state index contributed by atoms with van der Waals surface area (Å²) in [4.78, 5) is 18.9. The standard InChI is InChI=1S/C22H19N5O2S/c1-14(2)27-21-18(13-24-27)17(12-19(26-21)20-4-3-11-30-20)22(28)25-15-5-7-16(8-6-15)29-10-9-23/h3-8,11-14H,10H2,1-2H3,(H,25,28). The zero-order chi connectivity index (χ0) is 21.1. The summed E-state index contributed by atoms with van der Waals surface area (Å²) in [5.41, 5.74) is 2.56. The molecule has 8 heteroatoms. The van der Waals surface area contributed by atoms with Crippen LogP contribution in [0.1, 0.15) is 30.2 Å². The number of nitrogens with zero attached hydrogens (tertiary/aromatic N) is 4. The second kappa shape index (κ2) is 8.35. The summed E-state index contributed by atoms with van der Waals surface area (Å²) in [6, 6.07) is 14.7. The van der Waals surface area contributed by atoms with Crippen LogP contribution in [0.2, 0.25) is 0 Å². The van der Waals surface area contributed by atoms with E-state index < -0.39 is 0 Å². The van der Waals surface area contributed by atoms with Crippen molar-refractivity contribution >= 4 is 34.0 Å². The van der Waals surface area contributed by atoms with Crippen LogP contribution in [-0.4, -0.2) is 27.3 Å². The number of hydrogen-bond acceptors (Lipinski definition) is 6. The van der Waals surface area contributed by atoms with Crippen LogP contribution in [0.4, 0.5) is 5.69 Å². The summed E-state index contributed by atoms with van der Waals surface area (Å²) < 4.78 is 7.07. The van der Waals surface area contributed by atoms with Gasteiger partial charge in [0.25, 0.3) is 5.91 Å². The highest BCUT2D eigenvalue weighted by Crippen LogP contribution is 2.29. The largest absolute Gasteiger partial charge is 0.479 e. The van der Waals surface area contributed by atoms with E-state index in [1.807, 2.05) is 42.1 Å². The molecule has 3 heterocycles. The van der Waals surface area contributed by atoms with Gasteiger partial charge >= 0.3 is 0 Å². The molecular weight excluding hydrogens is 398 g/mol. The summed E-state index contributed by atoms with van der Waals surface area (Å²) in [5.74, 6) is 0.327. The maximum atomic E-state index is 13.1. The lowest BCUT2D eigenvalue weighted by Crippen LogP contribution is -2.13. The maximum Gasteiger partial charge on any atom is 0.256 e. The van der Waals surface area contributed by atoms with E-state index in [1.54, 1.807) is 47.9 Å². The lowest BCUT2D eigenvalue weighted by molar-refractivity contribution is 0.102. The van der Waals surface area contributed by atoms with Gasteiger partial charge in [-0.15, -0.1) is 11.3 Å². The number of benzene rings is 1. The molecule has 0 bridgehead atoms. The van der Waals surface area contributed by atoms with Crippen molar-refractivity contribution in [1.82, 2.24) is 14.8 Å². The van der Waals surface area contributed by atoms with E-state index in [2.05, 4.69) is 10.4 Å². The van der Waals surface area contributed by atoms with Gasteiger partial charge in [0.05, 0.1) is 27.7 Å². The number of hydrogen-bond donors (Lipinski definition) is 1. The number of anilines is 1. The second-order valence-electron chi connectivity index (χ2n) is 6.88. The molecule has 7 nitrogen and oxygen atoms in total. The molecular formula is C22H19N5O2S. The number of nitriles is 1. The Balaban J connectivity index is 1.70. The molecule has 0 saturated carbocycles. The second-order valence-corrected chi connectivity index (χ2v) is 7.83. The first-order chi connectivity index (χ1) is 14.6. The number of rotatable bonds is 6. The molecule has 0 aliphatic heterocycles. The lowest BCUT2D eigenvalue weighted by Gasteiger charge is -2.11. The van der Waals surface area contributed by atoms with Gasteiger partial charge in [-0.2, -0.15) is 10.4 Å². The number of thiophene rings is 1. The van der Waals surface area contributed by atoms with Gasteiger partial charge in [-0.3, -0.25) is 4.79 Å². The van der Waals surface area contributed by atoms with Gasteiger partial charge in [-0.25, -0.2) is 9.67 Å². The first-order valence-electron chi connectivity index (χ1n) is 9.40. The fraction of sp³-hybridized carbons (Fsp3) is 0.182. The predicted octanol–water partition coefficient (Wildman–Crippen LogP) is 4.90. The van der Waals surface area contributed by atoms with Gasteiger partial charge in [-0.1, -0.05) is 6.07 Å². The summed E-state index contributed by atoms with van der Waals surface area (Å²) in [5, 5.41) is 18.7. The predicted molar refractivity (Wildman–Crippen MR) is 117 cm³/mol. The van der Waals surface area contributed by atoms with E-state index in [4.69, 9.17) is 15.0 Å². The number of fused-ring (bicyclic) bond motifs is 1. The van der Waals surface area contributed by atoms with Crippen LogP contribution in [0.3, 0.4) is 0 Å². The van der Waals surface area contributed by atoms with E-state index in [0.29, 0.717) is 28.0 Å². The Morgan fingerprint density at radius 1 is 1.30 bits per heavy atom. The molecule has 3 aromatic heterocycles. The van der Waals surface area contributed by atoms with Crippen molar-refractivity contribution in [2.75, 3.05) is 11.9 Å². The third-order valence-corrected chi connectivity index (χ3v) is 5.38. The van der Waals surface area contributed by atoms with Crippen LogP contribution in [0.25, 0.3) is 21.6 Å². The molecule has 30 heavy (non-hydrogen) atoms. The van der Waals surface area contributed by atoms with Crippen molar-refractivity contribution in [3.63, 3.8) is 0 Å². The number of aromatic nitrogens is 3. The summed E-state index contributed by atoms with van der Waals surface area (Å²) in [7, 11) is 0. The molecule has 0 aliphatic rings. The topological polar surface area (TPSA) is 92.8 Å². The highest BCUT2D eigenvalue weighted by Gasteiger charge is 2.19. The number of nitrogens with one attached hydrogen (secondary N) is 1. The van der Waals surface area contributed by atoms with Crippen LogP contribution < -0.4 is 10.1 Å². The van der Waals surface area contributed by atoms with Crippen LogP contribution in [0, 0.1) is 11.3 Å². The summed E-state index contributed by atoms with van der Waals surface area (Å²) in [6.07, 6.45) is 1.69. The first kappa shape index (κ1) is 19.6. The van der Waals surface area contributed by atoms with Crippen molar-refractivity contribution in [2.24, 2.45) is 0 Å². The first-order valence-corrected chi connectivity index (χ1v) is 10.3. The van der Waals surface area contributed by atoms with E-state index in [9.17, 15) is 4.79 Å². The molecule has 0 aliphatic carbocycles. The van der Waals surface area contributed by atoms with Crippen molar-refractivity contribution in [2.45, 2.75) is 19.9 Å². The van der Waals surface area contributed by atoms with Crippen LogP contribution >= 0.6 is 11.3 Å². The Hall–Kier alpha value is -3.70. The van der Waals surface area contributed by atoms with E-state index >= 15 is 0 Å². The Labute approximate surface area is 177 Å². The van der Waals surface area contributed by atoms with E-state index in [1.165, 1.54) is 0 Å². The van der Waals surface area contributed by atoms with Crippen LogP contribution in [-0.2, 0) is 0 Å². The molecule has 1 N–H and O–H groups in total. The fourth-order valence-electron chi connectivity index (χ4n) is 3.08. The lowest BCUT2D eigenvalue weighted by atomic mass is 10.1. The van der Waals surface area contributed by atoms with Gasteiger partial charge in [0.2, 0.25) is 0 Å². The number of carbonyl (C=O) groups excluding carboxylic acids is 1. The molecule has 4 aromatic rings. The molecule has 0 radical (unpaired) electrons.